The highest BCUT2D eigenvalue weighted by Crippen LogP contribution is 2.45. The monoisotopic (exact) mass is 855 g/mol. The molecule has 0 fully saturated rings. The largest absolute Gasteiger partial charge is 0.507 e. The van der Waals surface area contributed by atoms with Crippen LogP contribution in [0.15, 0.2) is 140 Å². The van der Waals surface area contributed by atoms with Crippen LogP contribution in [0.2, 0.25) is 0 Å². The van der Waals surface area contributed by atoms with E-state index >= 15 is 0 Å². The van der Waals surface area contributed by atoms with Crippen molar-refractivity contribution in [1.82, 2.24) is 14.5 Å². The molecule has 2 aromatic heterocycles. The number of phenols is 1. The lowest BCUT2D eigenvalue weighted by molar-refractivity contribution is 0.446. The van der Waals surface area contributed by atoms with E-state index in [0.717, 1.165) is 16.7 Å². The van der Waals surface area contributed by atoms with Crippen molar-refractivity contribution in [2.24, 2.45) is 5.92 Å². The van der Waals surface area contributed by atoms with Crippen LogP contribution in [0.3, 0.4) is 0 Å². The molecule has 0 bridgehead atoms. The van der Waals surface area contributed by atoms with Gasteiger partial charge in [-0.15, -0.1) is 0 Å². The maximum absolute atomic E-state index is 13.0. The summed E-state index contributed by atoms with van der Waals surface area (Å²) >= 11 is 0. The summed E-state index contributed by atoms with van der Waals surface area (Å²) in [6.45, 7) is -18.0. The first-order valence-electron chi connectivity index (χ1n) is 33.0. The van der Waals surface area contributed by atoms with Gasteiger partial charge in [0.15, 0.2) is 0 Å². The van der Waals surface area contributed by atoms with Crippen LogP contribution in [0.1, 0.15) is 138 Å². The zero-order valence-electron chi connectivity index (χ0n) is 60.5. The molecule has 0 aliphatic heterocycles. The number of imidazole rings is 1. The standard InChI is InChI=1S/C59H63N3O/c1-37(2)29-42-33-47(25-26-48(42)40-17-14-13-15-18-40)62-53-20-16-19-49(54(53)61-56(62)50-35-46(58(7,8)9)36-51(55(50)63)59(10,11)12)43-30-44(32-45(31-43)57(4,5)6)52-34-41(27-28-60-52)39-23-21-38(3)22-24-39/h13-28,30-37,63H,29H2,1-12H3/i3D3,7D3,8D3,9D3,10D3,11D3,12D3,21D,22D,23D,24D. The Balaban J connectivity index is 1.57. The molecule has 0 spiro atoms. The van der Waals surface area contributed by atoms with Crippen molar-refractivity contribution in [2.45, 2.75) is 105 Å². The maximum Gasteiger partial charge on any atom is 0.149 e. The van der Waals surface area contributed by atoms with Crippen LogP contribution in [-0.4, -0.2) is 19.6 Å². The lowest BCUT2D eigenvalue weighted by atomic mass is 9.79. The minimum atomic E-state index is -4.19. The van der Waals surface area contributed by atoms with Gasteiger partial charge in [0.2, 0.25) is 0 Å². The second-order valence-corrected chi connectivity index (χ2v) is 17.4. The Kier molecular flexibility index (Phi) is 5.85. The van der Waals surface area contributed by atoms with E-state index in [1.807, 2.05) is 77.1 Å². The van der Waals surface area contributed by atoms with E-state index in [1.54, 1.807) is 42.5 Å². The van der Waals surface area contributed by atoms with Gasteiger partial charge in [0.1, 0.15) is 11.6 Å². The van der Waals surface area contributed by atoms with Gasteiger partial charge in [-0.3, -0.25) is 9.55 Å². The first-order valence-corrected chi connectivity index (χ1v) is 20.5. The van der Waals surface area contributed by atoms with Crippen molar-refractivity contribution in [1.29, 1.82) is 0 Å². The molecule has 63 heavy (non-hydrogen) atoms. The van der Waals surface area contributed by atoms with E-state index in [-0.39, 0.29) is 45.5 Å². The topological polar surface area (TPSA) is 50.9 Å². The van der Waals surface area contributed by atoms with E-state index in [0.29, 0.717) is 34.7 Å². The number of para-hydroxylation sites is 1. The molecule has 1 N–H and O–H groups in total. The van der Waals surface area contributed by atoms with Crippen molar-refractivity contribution in [2.75, 3.05) is 0 Å². The Morgan fingerprint density at radius 1 is 0.635 bits per heavy atom. The minimum Gasteiger partial charge on any atom is -0.507 e. The second kappa shape index (κ2) is 16.5. The summed E-state index contributed by atoms with van der Waals surface area (Å²) in [6.07, 6.45) is 1.84. The fourth-order valence-electron chi connectivity index (χ4n) is 7.87. The average molecular weight is 855 g/mol. The summed E-state index contributed by atoms with van der Waals surface area (Å²) in [4.78, 5) is 9.77. The second-order valence-electron chi connectivity index (χ2n) is 17.4. The molecule has 0 radical (unpaired) electrons. The van der Waals surface area contributed by atoms with E-state index in [4.69, 9.17) is 39.3 Å². The van der Waals surface area contributed by atoms with Gasteiger partial charge < -0.3 is 5.11 Å². The van der Waals surface area contributed by atoms with Gasteiger partial charge in [0, 0.05) is 57.4 Å². The molecule has 6 aromatic carbocycles. The van der Waals surface area contributed by atoms with Gasteiger partial charge in [-0.25, -0.2) is 4.98 Å². The van der Waals surface area contributed by atoms with Gasteiger partial charge in [-0.1, -0.05) is 166 Å². The molecule has 4 heteroatoms. The quantitative estimate of drug-likeness (QED) is 0.166. The summed E-state index contributed by atoms with van der Waals surface area (Å²) < 4.78 is 218. The zero-order valence-corrected chi connectivity index (χ0v) is 35.5. The van der Waals surface area contributed by atoms with Crippen LogP contribution < -0.4 is 0 Å². The Labute approximate surface area is 410 Å². The number of pyridine rings is 1. The third-order valence-electron chi connectivity index (χ3n) is 11.0. The van der Waals surface area contributed by atoms with Gasteiger partial charge in [-0.2, -0.15) is 0 Å². The molecule has 4 nitrogen and oxygen atoms in total. The molecule has 0 saturated carbocycles. The Morgan fingerprint density at radius 2 is 1.37 bits per heavy atom. The van der Waals surface area contributed by atoms with Crippen molar-refractivity contribution in [3.05, 3.63) is 167 Å². The highest BCUT2D eigenvalue weighted by molar-refractivity contribution is 5.97. The van der Waals surface area contributed by atoms with Crippen LogP contribution >= 0.6 is 0 Å². The number of aromatic nitrogens is 3. The number of phenolic OH excluding ortho intramolecular Hbond substituents is 1. The molecule has 2 heterocycles. The lowest BCUT2D eigenvalue weighted by Gasteiger charge is -2.27. The van der Waals surface area contributed by atoms with Crippen molar-refractivity contribution < 1.29 is 39.4 Å². The molecule has 320 valence electrons. The summed E-state index contributed by atoms with van der Waals surface area (Å²) in [7, 11) is 0. The number of fused-ring (bicyclic) bond motifs is 1. The first kappa shape index (κ1) is 22.4. The van der Waals surface area contributed by atoms with E-state index in [9.17, 15) is 5.11 Å². The van der Waals surface area contributed by atoms with E-state index in [2.05, 4.69) is 4.98 Å². The van der Waals surface area contributed by atoms with Crippen LogP contribution in [0.25, 0.3) is 72.7 Å². The van der Waals surface area contributed by atoms with Gasteiger partial charge in [0.25, 0.3) is 0 Å². The summed E-state index contributed by atoms with van der Waals surface area (Å²) in [6, 6.07) is 26.2. The third kappa shape index (κ3) is 8.87. The van der Waals surface area contributed by atoms with Gasteiger partial charge in [0.05, 0.1) is 27.8 Å². The molecule has 0 aliphatic rings. The van der Waals surface area contributed by atoms with Gasteiger partial charge >= 0.3 is 0 Å². The fourth-order valence-corrected chi connectivity index (χ4v) is 7.87. The van der Waals surface area contributed by atoms with Crippen LogP contribution in [-0.2, 0) is 22.7 Å². The van der Waals surface area contributed by atoms with Crippen molar-refractivity contribution >= 4 is 11.0 Å². The van der Waals surface area contributed by atoms with Crippen LogP contribution in [0.4, 0.5) is 0 Å². The molecular weight excluding hydrogens is 767 g/mol. The molecular formula is C59H63N3O. The molecule has 8 aromatic rings. The van der Waals surface area contributed by atoms with Crippen LogP contribution in [0, 0.1) is 12.8 Å². The van der Waals surface area contributed by atoms with E-state index in [1.165, 1.54) is 22.9 Å². The van der Waals surface area contributed by atoms with Crippen molar-refractivity contribution in [3.8, 4) is 67.5 Å². The summed E-state index contributed by atoms with van der Waals surface area (Å²) in [5.74, 6) is -1.87. The maximum atomic E-state index is 13.0. The number of benzene rings is 6. The average Bonchev–Trinajstić information content (AvgIpc) is 0.789. The Bertz CT molecular complexity index is 3880. The Morgan fingerprint density at radius 3 is 2.06 bits per heavy atom. The normalized spacial score (nSPS) is 19.6. The molecule has 0 atom stereocenters. The number of rotatable bonds is 8. The molecule has 0 saturated heterocycles. The van der Waals surface area contributed by atoms with E-state index < -0.39 is 122 Å². The summed E-state index contributed by atoms with van der Waals surface area (Å²) in [5, 5.41) is 13.0. The molecule has 0 aliphatic carbocycles. The molecule has 0 unspecified atom stereocenters. The lowest BCUT2D eigenvalue weighted by Crippen LogP contribution is -2.17. The predicted molar refractivity (Wildman–Crippen MR) is 267 cm³/mol. The highest BCUT2D eigenvalue weighted by atomic mass is 16.3. The number of hydrogen-bond acceptors (Lipinski definition) is 3. The molecule has 0 amide bonds. The molecule has 8 rings (SSSR count). The Hall–Kier alpha value is -6.26. The summed E-state index contributed by atoms with van der Waals surface area (Å²) in [5.41, 5.74) is -8.25. The fraction of sp³-hybridized carbons (Fsp3) is 0.288. The predicted octanol–water partition coefficient (Wildman–Crippen LogP) is 15.9. The zero-order chi connectivity index (χ0) is 66.0. The number of nitrogens with zero attached hydrogens (tertiary/aromatic N) is 3. The van der Waals surface area contributed by atoms with Crippen molar-refractivity contribution in [3.63, 3.8) is 0 Å². The number of aromatic hydroxyl groups is 1. The third-order valence-corrected chi connectivity index (χ3v) is 11.0. The van der Waals surface area contributed by atoms with Crippen LogP contribution in [0.5, 0.6) is 5.75 Å². The highest BCUT2D eigenvalue weighted by Gasteiger charge is 2.29. The smallest absolute Gasteiger partial charge is 0.149 e. The minimum absolute atomic E-state index is 0.0296. The SMILES string of the molecule is [2H]c1c([2H])c(C([2H])([2H])[2H])c([2H])c([2H])c1-c1ccnc(-c2cc(-c3cccc4c3nc(-c3cc(C(C([2H])([2H])[2H])(C([2H])([2H])[2H])C([2H])([2H])[2H])cc(C(C([2H])([2H])[2H])(C([2H])([2H])[2H])C([2H])([2H])[2H])c3O)n4-c3ccc(-c4ccccc4)c(CC(C)C)c3)cc(C(C)(C)C)c2)c1. The van der Waals surface area contributed by atoms with Gasteiger partial charge in [-0.05, 0) is 128 Å². The number of hydrogen-bond donors (Lipinski definition) is 1. The first-order chi connectivity index (χ1) is 40.1.